The van der Waals surface area contributed by atoms with Gasteiger partial charge in [-0.05, 0) is 43.2 Å². The van der Waals surface area contributed by atoms with E-state index in [2.05, 4.69) is 15.5 Å². The van der Waals surface area contributed by atoms with Gasteiger partial charge >= 0.3 is 6.18 Å². The average molecular weight is 373 g/mol. The molecule has 1 fully saturated rings. The maximum atomic E-state index is 12.9. The minimum absolute atomic E-state index is 0.0453. The average Bonchev–Trinajstić information content (AvgIpc) is 3.33. The van der Waals surface area contributed by atoms with Gasteiger partial charge in [0.1, 0.15) is 0 Å². The molecule has 5 nitrogen and oxygen atoms in total. The molecule has 0 saturated heterocycles. The van der Waals surface area contributed by atoms with Crippen molar-refractivity contribution in [3.63, 3.8) is 0 Å². The summed E-state index contributed by atoms with van der Waals surface area (Å²) in [6, 6.07) is 11.6. The van der Waals surface area contributed by atoms with Crippen LogP contribution in [0.15, 0.2) is 53.1 Å². The van der Waals surface area contributed by atoms with E-state index in [4.69, 9.17) is 4.52 Å². The standard InChI is InChI=1S/C19H14F3N3O2/c20-19(21,22)14-6-2-3-11(10-14)16-24-18(27-25-16)13-5-1-4-12(9-13)17(26)23-15-7-8-15/h1-6,9-10,15H,7-8H2,(H,23,26). The molecule has 1 amide bonds. The minimum Gasteiger partial charge on any atom is -0.349 e. The summed E-state index contributed by atoms with van der Waals surface area (Å²) in [5, 5.41) is 6.65. The van der Waals surface area contributed by atoms with Crippen molar-refractivity contribution in [1.82, 2.24) is 15.5 Å². The molecule has 0 spiro atoms. The first-order valence-corrected chi connectivity index (χ1v) is 8.33. The largest absolute Gasteiger partial charge is 0.416 e. The predicted octanol–water partition coefficient (Wildman–Crippen LogP) is 4.31. The number of rotatable bonds is 4. The van der Waals surface area contributed by atoms with Crippen LogP contribution >= 0.6 is 0 Å². The number of benzene rings is 2. The zero-order chi connectivity index (χ0) is 19.0. The number of halogens is 3. The molecule has 138 valence electrons. The monoisotopic (exact) mass is 373 g/mol. The summed E-state index contributed by atoms with van der Waals surface area (Å²) in [5.41, 5.74) is 0.384. The highest BCUT2D eigenvalue weighted by Gasteiger charge is 2.31. The Morgan fingerprint density at radius 3 is 2.56 bits per heavy atom. The SMILES string of the molecule is O=C(NC1CC1)c1cccc(-c2nc(-c3cccc(C(F)(F)F)c3)no2)c1. The van der Waals surface area contributed by atoms with Crippen LogP contribution in [0.2, 0.25) is 0 Å². The summed E-state index contributed by atoms with van der Waals surface area (Å²) < 4.78 is 43.8. The number of nitrogens with one attached hydrogen (secondary N) is 1. The fraction of sp³-hybridized carbons (Fsp3) is 0.211. The first-order valence-electron chi connectivity index (χ1n) is 8.33. The van der Waals surface area contributed by atoms with Gasteiger partial charge < -0.3 is 9.84 Å². The summed E-state index contributed by atoms with van der Waals surface area (Å²) in [6.07, 6.45) is -2.49. The van der Waals surface area contributed by atoms with E-state index in [0.717, 1.165) is 25.0 Å². The van der Waals surface area contributed by atoms with Crippen LogP contribution in [0, 0.1) is 0 Å². The third-order valence-corrected chi connectivity index (χ3v) is 4.16. The molecule has 3 aromatic rings. The Morgan fingerprint density at radius 1 is 1.07 bits per heavy atom. The fourth-order valence-electron chi connectivity index (χ4n) is 2.58. The van der Waals surface area contributed by atoms with Gasteiger partial charge in [-0.15, -0.1) is 0 Å². The van der Waals surface area contributed by atoms with E-state index in [9.17, 15) is 18.0 Å². The van der Waals surface area contributed by atoms with E-state index in [1.54, 1.807) is 24.3 Å². The summed E-state index contributed by atoms with van der Waals surface area (Å²) in [4.78, 5) is 16.3. The molecule has 1 aliphatic rings. The molecule has 8 heteroatoms. The smallest absolute Gasteiger partial charge is 0.349 e. The number of hydrogen-bond acceptors (Lipinski definition) is 4. The highest BCUT2D eigenvalue weighted by atomic mass is 19.4. The van der Waals surface area contributed by atoms with Crippen molar-refractivity contribution in [3.05, 3.63) is 59.7 Å². The molecule has 1 saturated carbocycles. The Bertz CT molecular complexity index is 994. The lowest BCUT2D eigenvalue weighted by molar-refractivity contribution is -0.137. The highest BCUT2D eigenvalue weighted by Crippen LogP contribution is 2.32. The molecule has 27 heavy (non-hydrogen) atoms. The van der Waals surface area contributed by atoms with Gasteiger partial charge in [0.05, 0.1) is 5.56 Å². The highest BCUT2D eigenvalue weighted by molar-refractivity contribution is 5.95. The van der Waals surface area contributed by atoms with Crippen LogP contribution < -0.4 is 5.32 Å². The molecular weight excluding hydrogens is 359 g/mol. The lowest BCUT2D eigenvalue weighted by Crippen LogP contribution is -2.25. The quantitative estimate of drug-likeness (QED) is 0.740. The van der Waals surface area contributed by atoms with Gasteiger partial charge in [0.25, 0.3) is 11.8 Å². The van der Waals surface area contributed by atoms with Crippen LogP contribution in [0.5, 0.6) is 0 Å². The summed E-state index contributed by atoms with van der Waals surface area (Å²) >= 11 is 0. The normalized spacial score (nSPS) is 14.2. The van der Waals surface area contributed by atoms with Crippen molar-refractivity contribution in [3.8, 4) is 22.8 Å². The van der Waals surface area contributed by atoms with Gasteiger partial charge in [0, 0.05) is 22.7 Å². The number of carbonyl (C=O) groups is 1. The Balaban J connectivity index is 1.60. The number of nitrogens with zero attached hydrogens (tertiary/aromatic N) is 2. The van der Waals surface area contributed by atoms with Crippen LogP contribution in [-0.2, 0) is 6.18 Å². The van der Waals surface area contributed by atoms with Crippen molar-refractivity contribution in [1.29, 1.82) is 0 Å². The van der Waals surface area contributed by atoms with Crippen LogP contribution in [-0.4, -0.2) is 22.1 Å². The number of aromatic nitrogens is 2. The molecule has 1 heterocycles. The summed E-state index contributed by atoms with van der Waals surface area (Å²) in [6.45, 7) is 0. The van der Waals surface area contributed by atoms with Crippen molar-refractivity contribution >= 4 is 5.91 Å². The van der Waals surface area contributed by atoms with Crippen LogP contribution in [0.3, 0.4) is 0 Å². The molecule has 0 aliphatic heterocycles. The second-order valence-electron chi connectivity index (χ2n) is 6.33. The van der Waals surface area contributed by atoms with Crippen LogP contribution in [0.25, 0.3) is 22.8 Å². The van der Waals surface area contributed by atoms with Crippen molar-refractivity contribution in [2.24, 2.45) is 0 Å². The summed E-state index contributed by atoms with van der Waals surface area (Å²) in [7, 11) is 0. The fourth-order valence-corrected chi connectivity index (χ4v) is 2.58. The van der Waals surface area contributed by atoms with Crippen molar-refractivity contribution < 1.29 is 22.5 Å². The van der Waals surface area contributed by atoms with Crippen LogP contribution in [0.1, 0.15) is 28.8 Å². The molecule has 1 N–H and O–H groups in total. The summed E-state index contributed by atoms with van der Waals surface area (Å²) in [5.74, 6) is -0.00983. The number of amides is 1. The zero-order valence-electron chi connectivity index (χ0n) is 14.0. The van der Waals surface area contributed by atoms with E-state index in [1.165, 1.54) is 12.1 Å². The third-order valence-electron chi connectivity index (χ3n) is 4.16. The van der Waals surface area contributed by atoms with E-state index < -0.39 is 11.7 Å². The Kier molecular flexibility index (Phi) is 4.18. The first kappa shape index (κ1) is 17.3. The molecule has 4 rings (SSSR count). The molecule has 0 radical (unpaired) electrons. The van der Waals surface area contributed by atoms with Crippen molar-refractivity contribution in [2.45, 2.75) is 25.1 Å². The Morgan fingerprint density at radius 2 is 1.81 bits per heavy atom. The molecule has 1 aliphatic carbocycles. The third kappa shape index (κ3) is 3.84. The predicted molar refractivity (Wildman–Crippen MR) is 90.7 cm³/mol. The molecular formula is C19H14F3N3O2. The van der Waals surface area contributed by atoms with Crippen LogP contribution in [0.4, 0.5) is 13.2 Å². The maximum absolute atomic E-state index is 12.9. The first-order chi connectivity index (χ1) is 12.9. The van der Waals surface area contributed by atoms with E-state index in [1.807, 2.05) is 0 Å². The van der Waals surface area contributed by atoms with E-state index in [-0.39, 0.29) is 29.2 Å². The van der Waals surface area contributed by atoms with E-state index in [0.29, 0.717) is 11.1 Å². The second kappa shape index (κ2) is 6.53. The van der Waals surface area contributed by atoms with Gasteiger partial charge in [0.2, 0.25) is 5.82 Å². The van der Waals surface area contributed by atoms with Gasteiger partial charge in [-0.1, -0.05) is 23.4 Å². The van der Waals surface area contributed by atoms with Gasteiger partial charge in [-0.3, -0.25) is 4.79 Å². The van der Waals surface area contributed by atoms with E-state index >= 15 is 0 Å². The topological polar surface area (TPSA) is 68.0 Å². The minimum atomic E-state index is -4.45. The number of hydrogen-bond donors (Lipinski definition) is 1. The molecule has 2 aromatic carbocycles. The van der Waals surface area contributed by atoms with Gasteiger partial charge in [0.15, 0.2) is 0 Å². The molecule has 0 bridgehead atoms. The number of alkyl halides is 3. The second-order valence-corrected chi connectivity index (χ2v) is 6.33. The number of carbonyl (C=O) groups excluding carboxylic acids is 1. The molecule has 1 aromatic heterocycles. The Labute approximate surface area is 152 Å². The Hall–Kier alpha value is -3.16. The zero-order valence-corrected chi connectivity index (χ0v) is 14.0. The maximum Gasteiger partial charge on any atom is 0.416 e. The lowest BCUT2D eigenvalue weighted by atomic mass is 10.1. The molecule has 0 unspecified atom stereocenters. The lowest BCUT2D eigenvalue weighted by Gasteiger charge is -2.06. The van der Waals surface area contributed by atoms with Gasteiger partial charge in [-0.2, -0.15) is 18.2 Å². The van der Waals surface area contributed by atoms with Crippen molar-refractivity contribution in [2.75, 3.05) is 0 Å². The van der Waals surface area contributed by atoms with Gasteiger partial charge in [-0.25, -0.2) is 0 Å². The molecule has 0 atom stereocenters.